The van der Waals surface area contributed by atoms with Crippen LogP contribution in [0.4, 0.5) is 13.2 Å². The third-order valence-electron chi connectivity index (χ3n) is 5.61. The van der Waals surface area contributed by atoms with E-state index in [0.717, 1.165) is 18.4 Å². The summed E-state index contributed by atoms with van der Waals surface area (Å²) < 4.78 is 38.5. The molecule has 2 aromatic rings. The number of benzene rings is 2. The third-order valence-corrected chi connectivity index (χ3v) is 5.61. The zero-order valence-electron chi connectivity index (χ0n) is 14.7. The lowest BCUT2D eigenvalue weighted by atomic mass is 9.78. The molecule has 3 heteroatoms. The van der Waals surface area contributed by atoms with Crippen molar-refractivity contribution in [3.8, 4) is 0 Å². The molecule has 0 aromatic heterocycles. The number of hydrogen-bond acceptors (Lipinski definition) is 0. The maximum Gasteiger partial charge on any atom is 0.391 e. The number of hydrogen-bond donors (Lipinski definition) is 0. The summed E-state index contributed by atoms with van der Waals surface area (Å²) in [4.78, 5) is 0. The first-order valence-corrected chi connectivity index (χ1v) is 9.09. The molecule has 0 saturated heterocycles. The quantitative estimate of drug-likeness (QED) is 0.550. The number of alkyl halides is 3. The van der Waals surface area contributed by atoms with Gasteiger partial charge in [0.15, 0.2) is 0 Å². The molecule has 1 fully saturated rings. The molecule has 25 heavy (non-hydrogen) atoms. The van der Waals surface area contributed by atoms with Crippen molar-refractivity contribution in [3.63, 3.8) is 0 Å². The van der Waals surface area contributed by atoms with Gasteiger partial charge < -0.3 is 0 Å². The van der Waals surface area contributed by atoms with Crippen LogP contribution in [0.5, 0.6) is 0 Å². The summed E-state index contributed by atoms with van der Waals surface area (Å²) in [7, 11) is 0. The lowest BCUT2D eigenvalue weighted by Gasteiger charge is -2.30. The van der Waals surface area contributed by atoms with E-state index in [1.165, 1.54) is 21.9 Å². The Morgan fingerprint density at radius 3 is 2.36 bits per heavy atom. The Kier molecular flexibility index (Phi) is 5.21. The van der Waals surface area contributed by atoms with E-state index in [-0.39, 0.29) is 12.8 Å². The average molecular weight is 346 g/mol. The van der Waals surface area contributed by atoms with Crippen molar-refractivity contribution >= 4 is 16.3 Å². The lowest BCUT2D eigenvalue weighted by molar-refractivity contribution is -0.184. The Morgan fingerprint density at radius 2 is 1.72 bits per heavy atom. The van der Waals surface area contributed by atoms with E-state index in [4.69, 9.17) is 0 Å². The minimum absolute atomic E-state index is 0.289. The molecule has 2 aromatic carbocycles. The lowest BCUT2D eigenvalue weighted by Crippen LogP contribution is -2.27. The summed E-state index contributed by atoms with van der Waals surface area (Å²) in [5, 5.41) is 2.45. The van der Waals surface area contributed by atoms with Crippen LogP contribution in [0.1, 0.15) is 50.2 Å². The highest BCUT2D eigenvalue weighted by molar-refractivity contribution is 5.90. The number of rotatable bonds is 4. The van der Waals surface area contributed by atoms with Crippen molar-refractivity contribution < 1.29 is 13.2 Å². The summed E-state index contributed by atoms with van der Waals surface area (Å²) in [5.74, 6) is -0.692. The number of fused-ring (bicyclic) bond motifs is 1. The predicted molar refractivity (Wildman–Crippen MR) is 98.5 cm³/mol. The maximum absolute atomic E-state index is 12.8. The highest BCUT2D eigenvalue weighted by Gasteiger charge is 2.41. The van der Waals surface area contributed by atoms with E-state index in [9.17, 15) is 13.2 Å². The zero-order chi connectivity index (χ0) is 18.0. The second kappa shape index (κ2) is 7.23. The molecule has 0 radical (unpaired) electrons. The first-order chi connectivity index (χ1) is 11.9. The Hall–Kier alpha value is -1.77. The SMILES string of the molecule is C=C(C)c1ccc2ccccc2c1CCC1CCC(C(F)(F)F)CC1. The molecule has 134 valence electrons. The fraction of sp³-hybridized carbons (Fsp3) is 0.455. The van der Waals surface area contributed by atoms with Gasteiger partial charge in [-0.3, -0.25) is 0 Å². The molecule has 0 bridgehead atoms. The molecule has 3 rings (SSSR count). The van der Waals surface area contributed by atoms with Gasteiger partial charge in [0.1, 0.15) is 0 Å². The van der Waals surface area contributed by atoms with Crippen LogP contribution in [-0.2, 0) is 6.42 Å². The van der Waals surface area contributed by atoms with Crippen molar-refractivity contribution in [2.75, 3.05) is 0 Å². The molecular weight excluding hydrogens is 321 g/mol. The van der Waals surface area contributed by atoms with Gasteiger partial charge in [0.2, 0.25) is 0 Å². The van der Waals surface area contributed by atoms with Crippen LogP contribution in [-0.4, -0.2) is 6.18 Å². The second-order valence-corrected chi connectivity index (χ2v) is 7.39. The summed E-state index contributed by atoms with van der Waals surface area (Å²) in [6.07, 6.45) is -0.194. The van der Waals surface area contributed by atoms with Gasteiger partial charge in [-0.2, -0.15) is 13.2 Å². The molecule has 1 saturated carbocycles. The Morgan fingerprint density at radius 1 is 1.04 bits per heavy atom. The van der Waals surface area contributed by atoms with Gasteiger partial charge in [-0.05, 0) is 73.3 Å². The van der Waals surface area contributed by atoms with E-state index >= 15 is 0 Å². The fourth-order valence-electron chi connectivity index (χ4n) is 4.13. The van der Waals surface area contributed by atoms with Crippen LogP contribution < -0.4 is 0 Å². The highest BCUT2D eigenvalue weighted by Crippen LogP contribution is 2.41. The van der Waals surface area contributed by atoms with E-state index < -0.39 is 12.1 Å². The van der Waals surface area contributed by atoms with Crippen LogP contribution in [0, 0.1) is 11.8 Å². The van der Waals surface area contributed by atoms with Crippen molar-refractivity contribution in [1.82, 2.24) is 0 Å². The Balaban J connectivity index is 1.73. The number of aryl methyl sites for hydroxylation is 1. The van der Waals surface area contributed by atoms with Crippen molar-refractivity contribution in [2.45, 2.75) is 51.6 Å². The normalized spacial score (nSPS) is 21.4. The molecule has 0 heterocycles. The van der Waals surface area contributed by atoms with Crippen molar-refractivity contribution in [3.05, 3.63) is 54.1 Å². The number of allylic oxidation sites excluding steroid dienone is 1. The molecule has 0 spiro atoms. The Labute approximate surface area is 147 Å². The van der Waals surface area contributed by atoms with E-state index in [1.54, 1.807) is 0 Å². The second-order valence-electron chi connectivity index (χ2n) is 7.39. The van der Waals surface area contributed by atoms with Crippen LogP contribution in [0.15, 0.2) is 43.0 Å². The van der Waals surface area contributed by atoms with Gasteiger partial charge in [-0.25, -0.2) is 0 Å². The van der Waals surface area contributed by atoms with Gasteiger partial charge in [0.25, 0.3) is 0 Å². The van der Waals surface area contributed by atoms with Gasteiger partial charge in [-0.15, -0.1) is 0 Å². The summed E-state index contributed by atoms with van der Waals surface area (Å²) in [6.45, 7) is 6.12. The molecule has 0 N–H and O–H groups in total. The predicted octanol–water partition coefficient (Wildman–Crippen LogP) is 7.17. The zero-order valence-corrected chi connectivity index (χ0v) is 14.7. The molecule has 1 aliphatic rings. The van der Waals surface area contributed by atoms with E-state index in [1.807, 2.05) is 19.1 Å². The monoisotopic (exact) mass is 346 g/mol. The maximum atomic E-state index is 12.8. The first kappa shape index (κ1) is 18.0. The molecule has 0 unspecified atom stereocenters. The molecule has 0 amide bonds. The summed E-state index contributed by atoms with van der Waals surface area (Å²) in [5.41, 5.74) is 3.52. The van der Waals surface area contributed by atoms with Crippen LogP contribution in [0.2, 0.25) is 0 Å². The van der Waals surface area contributed by atoms with Gasteiger partial charge in [0, 0.05) is 0 Å². The molecule has 0 nitrogen and oxygen atoms in total. The minimum Gasteiger partial charge on any atom is -0.171 e. The smallest absolute Gasteiger partial charge is 0.171 e. The third kappa shape index (κ3) is 4.08. The summed E-state index contributed by atoms with van der Waals surface area (Å²) in [6, 6.07) is 12.6. The standard InChI is InChI=1S/C22H25F3/c1-15(2)19-14-10-17-5-3-4-6-20(17)21(19)13-9-16-7-11-18(12-8-16)22(23,24)25/h3-6,10,14,16,18H,1,7-9,11-13H2,2H3. The van der Waals surface area contributed by atoms with Gasteiger partial charge >= 0.3 is 6.18 Å². The molecule has 1 aliphatic carbocycles. The largest absolute Gasteiger partial charge is 0.391 e. The molecule has 0 atom stereocenters. The van der Waals surface area contributed by atoms with Crippen molar-refractivity contribution in [1.29, 1.82) is 0 Å². The average Bonchev–Trinajstić information content (AvgIpc) is 2.59. The first-order valence-electron chi connectivity index (χ1n) is 9.09. The minimum atomic E-state index is -4.02. The van der Waals surface area contributed by atoms with Gasteiger partial charge in [0.05, 0.1) is 5.92 Å². The van der Waals surface area contributed by atoms with Crippen LogP contribution in [0.3, 0.4) is 0 Å². The van der Waals surface area contributed by atoms with Crippen LogP contribution in [0.25, 0.3) is 16.3 Å². The van der Waals surface area contributed by atoms with E-state index in [2.05, 4.69) is 30.8 Å². The van der Waals surface area contributed by atoms with E-state index in [0.29, 0.717) is 18.8 Å². The summed E-state index contributed by atoms with van der Waals surface area (Å²) >= 11 is 0. The molecular formula is C22H25F3. The van der Waals surface area contributed by atoms with Crippen LogP contribution >= 0.6 is 0 Å². The topological polar surface area (TPSA) is 0 Å². The number of halogens is 3. The highest BCUT2D eigenvalue weighted by atomic mass is 19.4. The van der Waals surface area contributed by atoms with Crippen molar-refractivity contribution in [2.24, 2.45) is 11.8 Å². The Bertz CT molecular complexity index is 749. The fourth-order valence-corrected chi connectivity index (χ4v) is 4.13. The molecule has 0 aliphatic heterocycles. The van der Waals surface area contributed by atoms with Gasteiger partial charge in [-0.1, -0.05) is 48.6 Å².